The largest absolute Gasteiger partial charge is 0.389 e. The molecule has 41 heavy (non-hydrogen) atoms. The quantitative estimate of drug-likeness (QED) is 0.350. The summed E-state index contributed by atoms with van der Waals surface area (Å²) < 4.78 is 13.8. The highest BCUT2D eigenvalue weighted by Crippen LogP contribution is 2.45. The number of halogens is 1. The number of anilines is 2. The van der Waals surface area contributed by atoms with Crippen LogP contribution in [0.15, 0.2) is 85.1 Å². The highest BCUT2D eigenvalue weighted by Gasteiger charge is 2.54. The van der Waals surface area contributed by atoms with Crippen LogP contribution in [0.25, 0.3) is 10.8 Å². The van der Waals surface area contributed by atoms with Gasteiger partial charge in [0.1, 0.15) is 17.2 Å². The van der Waals surface area contributed by atoms with Gasteiger partial charge in [0, 0.05) is 37.6 Å². The van der Waals surface area contributed by atoms with Crippen LogP contribution in [0.1, 0.15) is 30.0 Å². The molecule has 1 aromatic heterocycles. The van der Waals surface area contributed by atoms with Crippen molar-refractivity contribution in [3.63, 3.8) is 0 Å². The van der Waals surface area contributed by atoms with Gasteiger partial charge in [-0.1, -0.05) is 42.5 Å². The van der Waals surface area contributed by atoms with Gasteiger partial charge in [-0.2, -0.15) is 0 Å². The molecule has 2 atom stereocenters. The Kier molecular flexibility index (Phi) is 6.60. The van der Waals surface area contributed by atoms with Gasteiger partial charge in [0.25, 0.3) is 0 Å². The third-order valence-corrected chi connectivity index (χ3v) is 9.13. The first-order valence-corrected chi connectivity index (χ1v) is 14.4. The lowest BCUT2D eigenvalue weighted by molar-refractivity contribution is -0.134. The maximum absolute atomic E-state index is 14.2. The van der Waals surface area contributed by atoms with E-state index in [0.717, 1.165) is 25.2 Å². The summed E-state index contributed by atoms with van der Waals surface area (Å²) >= 11 is 0. The molecule has 4 aromatic rings. The van der Waals surface area contributed by atoms with E-state index in [9.17, 15) is 14.3 Å². The average Bonchev–Trinajstić information content (AvgIpc) is 3.50. The normalized spacial score (nSPS) is 20.7. The first kappa shape index (κ1) is 25.9. The first-order valence-electron chi connectivity index (χ1n) is 14.4. The predicted octanol–water partition coefficient (Wildman–Crippen LogP) is 4.59. The van der Waals surface area contributed by atoms with E-state index in [-0.39, 0.29) is 24.8 Å². The molecular formula is C33H34FN5O2. The predicted molar refractivity (Wildman–Crippen MR) is 158 cm³/mol. The molecule has 8 heteroatoms. The number of rotatable bonds is 7. The van der Waals surface area contributed by atoms with E-state index in [1.807, 2.05) is 18.2 Å². The molecule has 0 radical (unpaired) electrons. The van der Waals surface area contributed by atoms with Gasteiger partial charge in [-0.25, -0.2) is 9.37 Å². The standard InChI is InChI=1S/C33H34FN5O2/c34-25-10-12-26(13-11-25)39-22-38(21-27(40)20-36-30-9-1-2-16-35-30)32(41)33(39)14-17-37(18-15-33)29-19-24-7-3-5-23-6-4-8-28(29)31(23)24/h1-13,16,27,29,40H,14-15,17-22H2,(H,35,36). The summed E-state index contributed by atoms with van der Waals surface area (Å²) in [6.45, 7) is 2.43. The molecule has 3 heterocycles. The van der Waals surface area contributed by atoms with Crippen molar-refractivity contribution >= 4 is 28.2 Å². The van der Waals surface area contributed by atoms with Crippen LogP contribution in [0.2, 0.25) is 0 Å². The van der Waals surface area contributed by atoms with Crippen LogP contribution in [0.4, 0.5) is 15.9 Å². The molecule has 3 aliphatic rings. The number of pyridine rings is 1. The molecule has 0 saturated carbocycles. The molecule has 0 bridgehead atoms. The topological polar surface area (TPSA) is 71.9 Å². The summed E-state index contributed by atoms with van der Waals surface area (Å²) in [6, 6.07) is 25.4. The number of likely N-dealkylation sites (tertiary alicyclic amines) is 1. The monoisotopic (exact) mass is 551 g/mol. The van der Waals surface area contributed by atoms with Crippen molar-refractivity contribution < 1.29 is 14.3 Å². The molecular weight excluding hydrogens is 517 g/mol. The van der Waals surface area contributed by atoms with Crippen LogP contribution < -0.4 is 10.2 Å². The highest BCUT2D eigenvalue weighted by atomic mass is 19.1. The minimum atomic E-state index is -0.760. The number of benzene rings is 3. The minimum absolute atomic E-state index is 0.0372. The van der Waals surface area contributed by atoms with Crippen molar-refractivity contribution in [2.75, 3.05) is 43.1 Å². The van der Waals surface area contributed by atoms with Gasteiger partial charge >= 0.3 is 0 Å². The average molecular weight is 552 g/mol. The van der Waals surface area contributed by atoms with E-state index >= 15 is 0 Å². The third-order valence-electron chi connectivity index (χ3n) is 9.13. The van der Waals surface area contributed by atoms with Crippen LogP contribution in [0.3, 0.4) is 0 Å². The molecule has 7 nitrogen and oxygen atoms in total. The summed E-state index contributed by atoms with van der Waals surface area (Å²) in [5.41, 5.74) is 2.88. The number of nitrogens with zero attached hydrogens (tertiary/aromatic N) is 4. The number of nitrogens with one attached hydrogen (secondary N) is 1. The Morgan fingerprint density at radius 2 is 1.78 bits per heavy atom. The number of β-amino-alcohol motifs (C(OH)–C–C–N with tert-alkyl or cyclic N) is 1. The maximum Gasteiger partial charge on any atom is 0.250 e. The van der Waals surface area contributed by atoms with Gasteiger partial charge in [0.05, 0.1) is 19.3 Å². The molecule has 3 aromatic carbocycles. The Balaban J connectivity index is 1.10. The van der Waals surface area contributed by atoms with Crippen molar-refractivity contribution in [1.29, 1.82) is 0 Å². The molecule has 2 aliphatic heterocycles. The summed E-state index contributed by atoms with van der Waals surface area (Å²) in [4.78, 5) is 24.8. The number of piperidine rings is 1. The number of carbonyl (C=O) groups excluding carboxylic acids is 1. The fourth-order valence-electron chi connectivity index (χ4n) is 7.11. The van der Waals surface area contributed by atoms with Gasteiger partial charge in [0.2, 0.25) is 5.91 Å². The van der Waals surface area contributed by atoms with E-state index < -0.39 is 11.6 Å². The Labute approximate surface area is 239 Å². The molecule has 210 valence electrons. The lowest BCUT2D eigenvalue weighted by Gasteiger charge is -2.45. The first-order chi connectivity index (χ1) is 20.0. The van der Waals surface area contributed by atoms with Crippen molar-refractivity contribution in [2.45, 2.75) is 36.9 Å². The van der Waals surface area contributed by atoms with Crippen LogP contribution in [-0.2, 0) is 11.2 Å². The Morgan fingerprint density at radius 3 is 2.54 bits per heavy atom. The second-order valence-corrected chi connectivity index (χ2v) is 11.5. The highest BCUT2D eigenvalue weighted by molar-refractivity contribution is 5.94. The summed E-state index contributed by atoms with van der Waals surface area (Å²) in [6.07, 6.45) is 3.26. The van der Waals surface area contributed by atoms with E-state index in [2.05, 4.69) is 56.5 Å². The summed E-state index contributed by atoms with van der Waals surface area (Å²) in [5.74, 6) is 0.419. The molecule has 2 fully saturated rings. The van der Waals surface area contributed by atoms with Crippen LogP contribution >= 0.6 is 0 Å². The Morgan fingerprint density at radius 1 is 1.00 bits per heavy atom. The molecule has 1 spiro atoms. The molecule has 7 rings (SSSR count). The van der Waals surface area contributed by atoms with Gasteiger partial charge in [0.15, 0.2) is 0 Å². The number of aliphatic hydroxyl groups excluding tert-OH is 1. The molecule has 2 unspecified atom stereocenters. The van der Waals surface area contributed by atoms with E-state index in [1.54, 1.807) is 23.2 Å². The number of aliphatic hydroxyl groups is 1. The Bertz CT molecular complexity index is 1550. The second-order valence-electron chi connectivity index (χ2n) is 11.5. The Hall–Kier alpha value is -4.01. The van der Waals surface area contributed by atoms with Gasteiger partial charge < -0.3 is 20.2 Å². The van der Waals surface area contributed by atoms with Crippen molar-refractivity contribution in [1.82, 2.24) is 14.8 Å². The van der Waals surface area contributed by atoms with Crippen molar-refractivity contribution in [3.05, 3.63) is 102 Å². The molecule has 1 amide bonds. The lowest BCUT2D eigenvalue weighted by atomic mass is 9.84. The molecule has 2 saturated heterocycles. The minimum Gasteiger partial charge on any atom is -0.389 e. The van der Waals surface area contributed by atoms with Crippen LogP contribution in [-0.4, -0.2) is 70.3 Å². The van der Waals surface area contributed by atoms with E-state index in [0.29, 0.717) is 31.4 Å². The number of aromatic nitrogens is 1. The van der Waals surface area contributed by atoms with Gasteiger partial charge in [-0.05, 0) is 77.6 Å². The zero-order valence-corrected chi connectivity index (χ0v) is 22.9. The van der Waals surface area contributed by atoms with Gasteiger partial charge in [-0.3, -0.25) is 9.69 Å². The SMILES string of the molecule is O=C1N(CC(O)CNc2ccccn2)CN(c2ccc(F)cc2)C12CCN(C1Cc3cccc4cccc1c34)CC2. The van der Waals surface area contributed by atoms with Crippen molar-refractivity contribution in [3.8, 4) is 0 Å². The summed E-state index contributed by atoms with van der Waals surface area (Å²) in [5, 5.41) is 16.7. The molecule has 1 aliphatic carbocycles. The van der Waals surface area contributed by atoms with Crippen LogP contribution in [0.5, 0.6) is 0 Å². The second kappa shape index (κ2) is 10.4. The molecule has 2 N–H and O–H groups in total. The third kappa shape index (κ3) is 4.61. The summed E-state index contributed by atoms with van der Waals surface area (Å²) in [7, 11) is 0. The number of carbonyl (C=O) groups is 1. The lowest BCUT2D eigenvalue weighted by Crippen LogP contribution is -2.57. The van der Waals surface area contributed by atoms with Gasteiger partial charge in [-0.15, -0.1) is 0 Å². The smallest absolute Gasteiger partial charge is 0.250 e. The fourth-order valence-corrected chi connectivity index (χ4v) is 7.11. The zero-order chi connectivity index (χ0) is 28.0. The van der Waals surface area contributed by atoms with Crippen LogP contribution in [0, 0.1) is 5.82 Å². The fraction of sp³-hybridized carbons (Fsp3) is 0.333. The number of hydrogen-bond donors (Lipinski definition) is 2. The maximum atomic E-state index is 14.2. The zero-order valence-electron chi connectivity index (χ0n) is 22.9. The van der Waals surface area contributed by atoms with E-state index in [4.69, 9.17) is 0 Å². The van der Waals surface area contributed by atoms with E-state index in [1.165, 1.54) is 34.0 Å². The number of amides is 1. The number of hydrogen-bond acceptors (Lipinski definition) is 6. The van der Waals surface area contributed by atoms with Crippen molar-refractivity contribution in [2.24, 2.45) is 0 Å².